The lowest BCUT2D eigenvalue weighted by atomic mass is 9.96. The third-order valence-electron chi connectivity index (χ3n) is 8.29. The third-order valence-corrected chi connectivity index (χ3v) is 8.29. The Morgan fingerprint density at radius 1 is 0.250 bits per heavy atom. The summed E-state index contributed by atoms with van der Waals surface area (Å²) in [5.41, 5.74) is 2.54. The molecule has 9 aromatic rings. The molecule has 0 radical (unpaired) electrons. The van der Waals surface area contributed by atoms with Crippen molar-refractivity contribution in [2.75, 3.05) is 0 Å². The first kappa shape index (κ1) is 18.6. The number of benzene rings is 7. The first-order valence-electron chi connectivity index (χ1n) is 12.6. The van der Waals surface area contributed by atoms with Crippen LogP contribution >= 0.6 is 0 Å². The van der Waals surface area contributed by atoms with Crippen molar-refractivity contribution in [3.63, 3.8) is 0 Å². The Labute approximate surface area is 207 Å². The normalized spacial score (nSPS) is 12.4. The van der Waals surface area contributed by atoms with E-state index in [4.69, 9.17) is 0 Å². The van der Waals surface area contributed by atoms with Crippen LogP contribution in [0.4, 0.5) is 0 Å². The van der Waals surface area contributed by atoms with Gasteiger partial charge in [-0.15, -0.1) is 0 Å². The largest absolute Gasteiger partial charge is 0.0622 e. The predicted molar refractivity (Wildman–Crippen MR) is 157 cm³/mol. The highest BCUT2D eigenvalue weighted by Crippen LogP contribution is 2.46. The minimum Gasteiger partial charge on any atom is -0.0622 e. The van der Waals surface area contributed by atoms with Gasteiger partial charge in [-0.25, -0.2) is 0 Å². The molecule has 0 N–H and O–H groups in total. The van der Waals surface area contributed by atoms with Gasteiger partial charge < -0.3 is 0 Å². The van der Waals surface area contributed by atoms with Gasteiger partial charge in [0.25, 0.3) is 0 Å². The summed E-state index contributed by atoms with van der Waals surface area (Å²) in [4.78, 5) is 0. The minimum atomic E-state index is 1.26. The summed E-state index contributed by atoms with van der Waals surface area (Å²) in [6.45, 7) is 0. The van der Waals surface area contributed by atoms with Gasteiger partial charge in [0, 0.05) is 0 Å². The van der Waals surface area contributed by atoms with Crippen molar-refractivity contribution in [2.24, 2.45) is 0 Å². The molecular formula is C36H20. The van der Waals surface area contributed by atoms with E-state index in [1.807, 2.05) is 0 Å². The van der Waals surface area contributed by atoms with Crippen molar-refractivity contribution in [1.82, 2.24) is 0 Å². The molecule has 0 atom stereocenters. The average Bonchev–Trinajstić information content (AvgIpc) is 3.43. The predicted octanol–water partition coefficient (Wildman–Crippen LogP) is 10.3. The Kier molecular flexibility index (Phi) is 3.36. The van der Waals surface area contributed by atoms with Crippen LogP contribution in [0.2, 0.25) is 0 Å². The van der Waals surface area contributed by atoms with E-state index in [1.54, 1.807) is 0 Å². The number of fused-ring (bicyclic) bond motifs is 8. The molecule has 0 nitrogen and oxygen atoms in total. The van der Waals surface area contributed by atoms with Gasteiger partial charge in [-0.1, -0.05) is 91.0 Å². The van der Waals surface area contributed by atoms with E-state index in [0.717, 1.165) is 0 Å². The lowest BCUT2D eigenvalue weighted by Gasteiger charge is -2.07. The summed E-state index contributed by atoms with van der Waals surface area (Å²) >= 11 is 0. The Bertz CT molecular complexity index is 2290. The molecular weight excluding hydrogens is 432 g/mol. The van der Waals surface area contributed by atoms with Crippen LogP contribution in [0.5, 0.6) is 0 Å². The van der Waals surface area contributed by atoms with Crippen LogP contribution in [0, 0.1) is 0 Å². The molecule has 9 rings (SSSR count). The molecule has 164 valence electrons. The smallest absolute Gasteiger partial charge is 0.00199 e. The molecule has 0 bridgehead atoms. The molecule has 0 spiro atoms. The average molecular weight is 453 g/mol. The maximum Gasteiger partial charge on any atom is -0.00199 e. The van der Waals surface area contributed by atoms with Crippen LogP contribution in [0.3, 0.4) is 0 Å². The van der Waals surface area contributed by atoms with Crippen molar-refractivity contribution in [2.45, 2.75) is 0 Å². The van der Waals surface area contributed by atoms with Gasteiger partial charge in [-0.05, 0) is 117 Å². The van der Waals surface area contributed by atoms with Crippen LogP contribution in [0.25, 0.3) is 86.5 Å². The Morgan fingerprint density at radius 3 is 1.67 bits per heavy atom. The second kappa shape index (κ2) is 6.50. The lowest BCUT2D eigenvalue weighted by Crippen LogP contribution is -1.80. The van der Waals surface area contributed by atoms with Crippen molar-refractivity contribution in [3.8, 4) is 11.1 Å². The van der Waals surface area contributed by atoms with E-state index in [9.17, 15) is 0 Å². The van der Waals surface area contributed by atoms with Gasteiger partial charge in [0.2, 0.25) is 0 Å². The standard InChI is InChI=1S/C36H20/c1-2-8-21(9-3-1)23-16-22-10-6-13-29-32-20-30-24(18-31(32)34(17-23)35(22)29)19-33-26-12-5-4-11-25(26)27-14-7-15-28(30)36(27)33/h1-20H. The van der Waals surface area contributed by atoms with Crippen molar-refractivity contribution in [1.29, 1.82) is 0 Å². The van der Waals surface area contributed by atoms with E-state index in [2.05, 4.69) is 121 Å². The van der Waals surface area contributed by atoms with Crippen LogP contribution in [0.15, 0.2) is 121 Å². The van der Waals surface area contributed by atoms with Crippen molar-refractivity contribution < 1.29 is 0 Å². The molecule has 9 aromatic carbocycles. The SMILES string of the molecule is c1ccc(-c2cc3cccc4c5cc6c(cc5c(c2)c34)cc2c3ccccc3c3cccc6c32)cc1. The highest BCUT2D eigenvalue weighted by molar-refractivity contribution is 6.37. The van der Waals surface area contributed by atoms with Gasteiger partial charge >= 0.3 is 0 Å². The van der Waals surface area contributed by atoms with Gasteiger partial charge in [-0.2, -0.15) is 0 Å². The zero-order chi connectivity index (χ0) is 23.4. The molecule has 0 saturated carbocycles. The van der Waals surface area contributed by atoms with Gasteiger partial charge in [-0.3, -0.25) is 0 Å². The molecule has 0 aliphatic rings. The number of rotatable bonds is 1. The molecule has 0 heterocycles. The van der Waals surface area contributed by atoms with Gasteiger partial charge in [0.1, 0.15) is 0 Å². The molecule has 0 unspecified atom stereocenters. The fraction of sp³-hybridized carbons (Fsp3) is 0. The summed E-state index contributed by atoms with van der Waals surface area (Å²) in [5.74, 6) is 0. The van der Waals surface area contributed by atoms with Crippen LogP contribution in [-0.4, -0.2) is 0 Å². The summed E-state index contributed by atoms with van der Waals surface area (Å²) in [5, 5.41) is 18.9. The molecule has 0 aromatic heterocycles. The molecule has 0 amide bonds. The highest BCUT2D eigenvalue weighted by atomic mass is 14.2. The molecule has 0 fully saturated rings. The summed E-state index contributed by atoms with van der Waals surface area (Å²) in [7, 11) is 0. The van der Waals surface area contributed by atoms with E-state index < -0.39 is 0 Å². The first-order valence-corrected chi connectivity index (χ1v) is 12.6. The second-order valence-corrected chi connectivity index (χ2v) is 10.1. The molecule has 0 heteroatoms. The topological polar surface area (TPSA) is 0 Å². The van der Waals surface area contributed by atoms with Gasteiger partial charge in [0.15, 0.2) is 0 Å². The third kappa shape index (κ3) is 2.25. The van der Waals surface area contributed by atoms with Crippen molar-refractivity contribution in [3.05, 3.63) is 121 Å². The first-order chi connectivity index (χ1) is 17.8. The monoisotopic (exact) mass is 452 g/mol. The fourth-order valence-corrected chi connectivity index (χ4v) is 6.76. The Balaban J connectivity index is 1.49. The maximum absolute atomic E-state index is 2.45. The molecule has 0 aliphatic heterocycles. The summed E-state index contributed by atoms with van der Waals surface area (Å²) in [6.07, 6.45) is 0. The fourth-order valence-electron chi connectivity index (χ4n) is 6.76. The van der Waals surface area contributed by atoms with E-state index in [1.165, 1.54) is 86.5 Å². The molecule has 36 heavy (non-hydrogen) atoms. The summed E-state index contributed by atoms with van der Waals surface area (Å²) in [6, 6.07) is 45.2. The Hall–Kier alpha value is -4.68. The van der Waals surface area contributed by atoms with Gasteiger partial charge in [0.05, 0.1) is 0 Å². The van der Waals surface area contributed by atoms with E-state index in [0.29, 0.717) is 0 Å². The van der Waals surface area contributed by atoms with Crippen LogP contribution < -0.4 is 0 Å². The second-order valence-electron chi connectivity index (χ2n) is 10.1. The molecule has 0 aliphatic carbocycles. The van der Waals surface area contributed by atoms with Crippen molar-refractivity contribution >= 4 is 75.4 Å². The highest BCUT2D eigenvalue weighted by Gasteiger charge is 2.17. The zero-order valence-electron chi connectivity index (χ0n) is 19.5. The van der Waals surface area contributed by atoms with Crippen LogP contribution in [0.1, 0.15) is 0 Å². The zero-order valence-corrected chi connectivity index (χ0v) is 19.5. The quantitative estimate of drug-likeness (QED) is 0.217. The maximum atomic E-state index is 2.45. The number of hydrogen-bond acceptors (Lipinski definition) is 0. The number of hydrogen-bond donors (Lipinski definition) is 0. The molecule has 0 saturated heterocycles. The van der Waals surface area contributed by atoms with E-state index >= 15 is 0 Å². The Morgan fingerprint density at radius 2 is 0.833 bits per heavy atom. The van der Waals surface area contributed by atoms with E-state index in [-0.39, 0.29) is 0 Å². The minimum absolute atomic E-state index is 1.26. The van der Waals surface area contributed by atoms with Crippen LogP contribution in [-0.2, 0) is 0 Å². The lowest BCUT2D eigenvalue weighted by molar-refractivity contribution is 1.66. The summed E-state index contributed by atoms with van der Waals surface area (Å²) < 4.78 is 0.